The molecule has 0 aliphatic carbocycles. The maximum Gasteiger partial charge on any atom is 0.437 e. The van der Waals surface area contributed by atoms with Crippen molar-refractivity contribution >= 4 is 36.1 Å². The molecule has 0 bridgehead atoms. The van der Waals surface area contributed by atoms with Crippen molar-refractivity contribution in [3.05, 3.63) is 144 Å². The van der Waals surface area contributed by atoms with Gasteiger partial charge in [0.15, 0.2) is 0 Å². The highest BCUT2D eigenvalue weighted by Gasteiger charge is 2.27. The number of benzene rings is 4. The van der Waals surface area contributed by atoms with Crippen molar-refractivity contribution in [3.8, 4) is 0 Å². The van der Waals surface area contributed by atoms with Crippen LogP contribution in [-0.2, 0) is 54.8 Å². The van der Waals surface area contributed by atoms with Crippen LogP contribution in [-0.4, -0.2) is 65.2 Å². The largest absolute Gasteiger partial charge is 0.459 e. The zero-order valence-electron chi connectivity index (χ0n) is 33.0. The number of amides is 4. The number of carbonyl (C=O) groups excluding carboxylic acids is 5. The van der Waals surface area contributed by atoms with E-state index in [0.717, 1.165) is 27.2 Å². The van der Waals surface area contributed by atoms with Gasteiger partial charge >= 0.3 is 24.2 Å². The van der Waals surface area contributed by atoms with E-state index in [2.05, 4.69) is 15.6 Å². The fourth-order valence-electron chi connectivity index (χ4n) is 5.55. The summed E-state index contributed by atoms with van der Waals surface area (Å²) in [7, 11) is 0. The van der Waals surface area contributed by atoms with E-state index in [4.69, 9.17) is 24.7 Å². The van der Waals surface area contributed by atoms with Gasteiger partial charge in [-0.05, 0) is 55.9 Å². The van der Waals surface area contributed by atoms with Crippen LogP contribution in [0.1, 0.15) is 62.3 Å². The number of nitrogens with two attached hydrogens (primary N) is 1. The van der Waals surface area contributed by atoms with Crippen LogP contribution in [0.5, 0.6) is 0 Å². The highest BCUT2D eigenvalue weighted by molar-refractivity contribution is 5.98. The minimum Gasteiger partial charge on any atom is -0.459 e. The van der Waals surface area contributed by atoms with Gasteiger partial charge in [-0.2, -0.15) is 0 Å². The van der Waals surface area contributed by atoms with E-state index in [-0.39, 0.29) is 52.0 Å². The predicted molar refractivity (Wildman–Crippen MR) is 217 cm³/mol. The number of guanidine groups is 1. The summed E-state index contributed by atoms with van der Waals surface area (Å²) in [5.74, 6) is -1.64. The van der Waals surface area contributed by atoms with E-state index in [0.29, 0.717) is 0 Å². The van der Waals surface area contributed by atoms with Gasteiger partial charge in [0.1, 0.15) is 31.5 Å². The number of aliphatic imine (C=N–C) groups is 1. The van der Waals surface area contributed by atoms with Gasteiger partial charge in [0.25, 0.3) is 0 Å². The monoisotopic (exact) mass is 793 g/mol. The lowest BCUT2D eigenvalue weighted by Gasteiger charge is -2.25. The molecule has 58 heavy (non-hydrogen) atoms. The summed E-state index contributed by atoms with van der Waals surface area (Å²) in [6, 6.07) is 34.4. The fourth-order valence-corrected chi connectivity index (χ4v) is 5.55. The highest BCUT2D eigenvalue weighted by Crippen LogP contribution is 2.13. The van der Waals surface area contributed by atoms with Gasteiger partial charge in [-0.1, -0.05) is 121 Å². The molecule has 0 heterocycles. The third kappa shape index (κ3) is 16.6. The predicted octanol–water partition coefficient (Wildman–Crippen LogP) is 6.81. The van der Waals surface area contributed by atoms with Gasteiger partial charge in [0.05, 0.1) is 0 Å². The lowest BCUT2D eigenvalue weighted by atomic mass is 10.0. The number of esters is 1. The first kappa shape index (κ1) is 44.0. The Kier molecular flexibility index (Phi) is 17.3. The Morgan fingerprint density at radius 1 is 0.672 bits per heavy atom. The first-order valence-electron chi connectivity index (χ1n) is 18.9. The molecule has 14 heteroatoms. The minimum atomic E-state index is -1.03. The molecule has 0 radical (unpaired) electrons. The third-order valence-electron chi connectivity index (χ3n) is 8.33. The highest BCUT2D eigenvalue weighted by atomic mass is 16.6. The Balaban J connectivity index is 1.47. The van der Waals surface area contributed by atoms with E-state index in [9.17, 15) is 24.0 Å². The molecule has 306 valence electrons. The van der Waals surface area contributed by atoms with Gasteiger partial charge in [-0.25, -0.2) is 24.1 Å². The number of rotatable bonds is 17. The quantitative estimate of drug-likeness (QED) is 0.0444. The third-order valence-corrected chi connectivity index (χ3v) is 8.33. The normalized spacial score (nSPS) is 12.3. The summed E-state index contributed by atoms with van der Waals surface area (Å²) >= 11 is 0. The van der Waals surface area contributed by atoms with Gasteiger partial charge in [-0.15, -0.1) is 4.99 Å². The van der Waals surface area contributed by atoms with E-state index >= 15 is 0 Å². The fraction of sp³-hybridized carbons (Fsp3) is 0.318. The summed E-state index contributed by atoms with van der Waals surface area (Å²) in [5, 5.41) is 5.52. The standard InChI is InChI=1S/C44H51N5O9/c1-44(2,3)58-42(53)46-36(28-38(50)47-37(27-32-17-8-4-9-18-32)39(51)55-29-33-19-10-5-11-20-33)25-16-26-49(43(54)57-31-35-23-14-7-15-24-35)40(45)48-41(52)56-30-34-21-12-6-13-22-34/h4-15,17-24,36-37H,16,25-31H2,1-3H3,(H,46,53)(H,47,50)(H2,45,48,52)/t36-,37+/m0/s1. The number of nitrogens with zero attached hydrogens (tertiary/aromatic N) is 2. The molecule has 0 unspecified atom stereocenters. The van der Waals surface area contributed by atoms with Crippen molar-refractivity contribution in [3.63, 3.8) is 0 Å². The smallest absolute Gasteiger partial charge is 0.437 e. The molecule has 0 fully saturated rings. The van der Waals surface area contributed by atoms with Crippen molar-refractivity contribution in [2.75, 3.05) is 6.54 Å². The number of hydrogen-bond donors (Lipinski definition) is 3. The molecule has 0 spiro atoms. The summed E-state index contributed by atoms with van der Waals surface area (Å²) < 4.78 is 21.8. The average Bonchev–Trinajstić information content (AvgIpc) is 3.20. The first-order valence-corrected chi connectivity index (χ1v) is 18.9. The second kappa shape index (κ2) is 22.8. The van der Waals surface area contributed by atoms with Crippen LogP contribution >= 0.6 is 0 Å². The van der Waals surface area contributed by atoms with Gasteiger partial charge < -0.3 is 35.3 Å². The Hall–Kier alpha value is -6.70. The first-order chi connectivity index (χ1) is 27.8. The summed E-state index contributed by atoms with van der Waals surface area (Å²) in [6.07, 6.45) is -2.49. The Bertz CT molecular complexity index is 1940. The number of ether oxygens (including phenoxy) is 4. The van der Waals surface area contributed by atoms with Gasteiger partial charge in [0.2, 0.25) is 11.9 Å². The molecule has 4 rings (SSSR count). The molecule has 4 aromatic rings. The van der Waals surface area contributed by atoms with Crippen molar-refractivity contribution in [2.24, 2.45) is 10.7 Å². The molecule has 0 aromatic heterocycles. The van der Waals surface area contributed by atoms with E-state index in [1.54, 1.807) is 69.3 Å². The van der Waals surface area contributed by atoms with Crippen LogP contribution in [0.15, 0.2) is 126 Å². The topological polar surface area (TPSA) is 188 Å². The molecule has 4 aromatic carbocycles. The average molecular weight is 794 g/mol. The number of carbonyl (C=O) groups is 5. The summed E-state index contributed by atoms with van der Waals surface area (Å²) in [4.78, 5) is 70.7. The van der Waals surface area contributed by atoms with Crippen molar-refractivity contribution in [2.45, 2.75) is 84.0 Å². The molecular weight excluding hydrogens is 743 g/mol. The van der Waals surface area contributed by atoms with E-state index in [1.165, 1.54) is 0 Å². The molecule has 4 N–H and O–H groups in total. The molecule has 0 aliphatic rings. The van der Waals surface area contributed by atoms with Crippen molar-refractivity contribution in [1.82, 2.24) is 15.5 Å². The molecule has 0 saturated carbocycles. The Morgan fingerprint density at radius 2 is 1.16 bits per heavy atom. The van der Waals surface area contributed by atoms with Crippen LogP contribution in [0, 0.1) is 0 Å². The molecule has 4 amide bonds. The zero-order valence-corrected chi connectivity index (χ0v) is 33.0. The van der Waals surface area contributed by atoms with Gasteiger partial charge in [-0.3, -0.25) is 4.79 Å². The van der Waals surface area contributed by atoms with Crippen molar-refractivity contribution in [1.29, 1.82) is 0 Å². The summed E-state index contributed by atoms with van der Waals surface area (Å²) in [6.45, 7) is 4.87. The van der Waals surface area contributed by atoms with Crippen LogP contribution in [0.4, 0.5) is 14.4 Å². The lowest BCUT2D eigenvalue weighted by Crippen LogP contribution is -2.47. The van der Waals surface area contributed by atoms with Crippen molar-refractivity contribution < 1.29 is 42.9 Å². The molecule has 2 atom stereocenters. The minimum absolute atomic E-state index is 0.0190. The SMILES string of the molecule is CC(C)(C)OC(=O)N[C@@H](CCCN(C(=O)OCc1ccccc1)/C(N)=N/C(=O)OCc1ccccc1)CC(=O)N[C@H](Cc1ccccc1)C(=O)OCc1ccccc1. The van der Waals surface area contributed by atoms with Crippen LogP contribution in [0.3, 0.4) is 0 Å². The Labute approximate surface area is 338 Å². The van der Waals surface area contributed by atoms with E-state index < -0.39 is 53.8 Å². The van der Waals surface area contributed by atoms with E-state index in [1.807, 2.05) is 72.8 Å². The molecule has 0 saturated heterocycles. The second-order valence-electron chi connectivity index (χ2n) is 14.3. The van der Waals surface area contributed by atoms with Gasteiger partial charge in [0, 0.05) is 25.4 Å². The lowest BCUT2D eigenvalue weighted by molar-refractivity contribution is -0.149. The van der Waals surface area contributed by atoms with Crippen LogP contribution < -0.4 is 16.4 Å². The zero-order chi connectivity index (χ0) is 41.8. The number of nitrogens with one attached hydrogen (secondary N) is 2. The number of alkyl carbamates (subject to hydrolysis) is 1. The Morgan fingerprint density at radius 3 is 1.67 bits per heavy atom. The molecule has 0 aliphatic heterocycles. The van der Waals surface area contributed by atoms with Crippen LogP contribution in [0.25, 0.3) is 0 Å². The maximum absolute atomic E-state index is 13.6. The van der Waals surface area contributed by atoms with Crippen LogP contribution in [0.2, 0.25) is 0 Å². The number of hydrogen-bond acceptors (Lipinski definition) is 9. The maximum atomic E-state index is 13.6. The molecular formula is C44H51N5O9. The summed E-state index contributed by atoms with van der Waals surface area (Å²) in [5.41, 5.74) is 8.39. The molecule has 14 nitrogen and oxygen atoms in total. The second-order valence-corrected chi connectivity index (χ2v) is 14.3.